The minimum absolute atomic E-state index is 0.0925. The molecule has 2 N–H and O–H groups in total. The quantitative estimate of drug-likeness (QED) is 0.819. The summed E-state index contributed by atoms with van der Waals surface area (Å²) < 4.78 is 19.0. The number of benzene rings is 1. The molecule has 1 fully saturated rings. The van der Waals surface area contributed by atoms with Gasteiger partial charge in [0.1, 0.15) is 5.82 Å². The fourth-order valence-corrected chi connectivity index (χ4v) is 2.25. The zero-order chi connectivity index (χ0) is 16.9. The number of amides is 1. The first-order valence-electron chi connectivity index (χ1n) is 8.07. The molecule has 3 rings (SSSR count). The van der Waals surface area contributed by atoms with Gasteiger partial charge in [0.25, 0.3) is 5.91 Å². The predicted molar refractivity (Wildman–Crippen MR) is 89.6 cm³/mol. The Hall–Kier alpha value is -2.63. The molecule has 24 heavy (non-hydrogen) atoms. The molecule has 0 aliphatic heterocycles. The van der Waals surface area contributed by atoms with E-state index in [1.165, 1.54) is 6.07 Å². The van der Waals surface area contributed by atoms with Crippen LogP contribution in [0.5, 0.6) is 5.75 Å². The molecule has 0 unspecified atom stereocenters. The number of halogens is 1. The average Bonchev–Trinajstić information content (AvgIpc) is 3.40. The molecular weight excluding hydrogens is 309 g/mol. The highest BCUT2D eigenvalue weighted by molar-refractivity contribution is 5.94. The number of carbonyl (C=O) groups is 1. The van der Waals surface area contributed by atoms with Crippen molar-refractivity contribution in [2.75, 3.05) is 11.9 Å². The van der Waals surface area contributed by atoms with Crippen LogP contribution in [-0.2, 0) is 6.54 Å². The van der Waals surface area contributed by atoms with Gasteiger partial charge < -0.3 is 15.4 Å². The van der Waals surface area contributed by atoms with E-state index in [-0.39, 0.29) is 17.5 Å². The first-order chi connectivity index (χ1) is 11.7. The van der Waals surface area contributed by atoms with Crippen LogP contribution >= 0.6 is 0 Å². The summed E-state index contributed by atoms with van der Waals surface area (Å²) in [4.78, 5) is 16.1. The van der Waals surface area contributed by atoms with Crippen LogP contribution in [0.1, 0.15) is 35.7 Å². The SMILES string of the molecule is CCOc1ccc(CNc2ccc(C(=O)NC3CC3)cn2)cc1F. The number of pyridine rings is 1. The van der Waals surface area contributed by atoms with Gasteiger partial charge in [0.05, 0.1) is 12.2 Å². The normalized spacial score (nSPS) is 13.4. The number of anilines is 1. The lowest BCUT2D eigenvalue weighted by atomic mass is 10.2. The van der Waals surface area contributed by atoms with Crippen LogP contribution in [-0.4, -0.2) is 23.5 Å². The lowest BCUT2D eigenvalue weighted by Gasteiger charge is -2.09. The molecule has 0 atom stereocenters. The summed E-state index contributed by atoms with van der Waals surface area (Å²) in [5, 5.41) is 6.02. The van der Waals surface area contributed by atoms with Gasteiger partial charge in [0.15, 0.2) is 11.6 Å². The number of ether oxygens (including phenoxy) is 1. The number of hydrogen-bond donors (Lipinski definition) is 2. The molecule has 1 aliphatic rings. The van der Waals surface area contributed by atoms with E-state index in [2.05, 4.69) is 15.6 Å². The number of rotatable bonds is 7. The average molecular weight is 329 g/mol. The number of nitrogens with zero attached hydrogens (tertiary/aromatic N) is 1. The van der Waals surface area contributed by atoms with E-state index in [1.54, 1.807) is 30.5 Å². The molecule has 0 radical (unpaired) electrons. The highest BCUT2D eigenvalue weighted by atomic mass is 19.1. The molecule has 0 saturated heterocycles. The number of aromatic nitrogens is 1. The van der Waals surface area contributed by atoms with Crippen molar-refractivity contribution in [3.8, 4) is 5.75 Å². The Morgan fingerprint density at radius 2 is 2.17 bits per heavy atom. The fraction of sp³-hybridized carbons (Fsp3) is 0.333. The second-order valence-corrected chi connectivity index (χ2v) is 5.73. The second kappa shape index (κ2) is 7.29. The monoisotopic (exact) mass is 329 g/mol. The van der Waals surface area contributed by atoms with Crippen molar-refractivity contribution in [1.82, 2.24) is 10.3 Å². The van der Waals surface area contributed by atoms with Gasteiger partial charge in [-0.1, -0.05) is 6.07 Å². The smallest absolute Gasteiger partial charge is 0.253 e. The van der Waals surface area contributed by atoms with Crippen LogP contribution in [0.3, 0.4) is 0 Å². The van der Waals surface area contributed by atoms with Crippen LogP contribution in [0.15, 0.2) is 36.5 Å². The van der Waals surface area contributed by atoms with Crippen molar-refractivity contribution in [3.05, 3.63) is 53.5 Å². The highest BCUT2D eigenvalue weighted by Crippen LogP contribution is 2.20. The zero-order valence-electron chi connectivity index (χ0n) is 13.5. The molecule has 1 heterocycles. The summed E-state index contributed by atoms with van der Waals surface area (Å²) in [5.74, 6) is 0.416. The van der Waals surface area contributed by atoms with Crippen molar-refractivity contribution in [3.63, 3.8) is 0 Å². The molecule has 1 saturated carbocycles. The summed E-state index contributed by atoms with van der Waals surface area (Å²) in [6.45, 7) is 2.68. The minimum Gasteiger partial charge on any atom is -0.491 e. The van der Waals surface area contributed by atoms with E-state index in [9.17, 15) is 9.18 Å². The van der Waals surface area contributed by atoms with Gasteiger partial charge >= 0.3 is 0 Å². The van der Waals surface area contributed by atoms with Gasteiger partial charge in [-0.25, -0.2) is 9.37 Å². The topological polar surface area (TPSA) is 63.2 Å². The first-order valence-corrected chi connectivity index (χ1v) is 8.07. The molecule has 1 aromatic carbocycles. The third-order valence-corrected chi connectivity index (χ3v) is 3.71. The third-order valence-electron chi connectivity index (χ3n) is 3.71. The molecule has 1 aromatic heterocycles. The standard InChI is InChI=1S/C18H20FN3O2/c1-2-24-16-7-3-12(9-15(16)19)10-20-17-8-4-13(11-21-17)18(23)22-14-5-6-14/h3-4,7-9,11,14H,2,5-6,10H2,1H3,(H,20,21)(H,22,23). The van der Waals surface area contributed by atoms with Gasteiger partial charge in [0, 0.05) is 18.8 Å². The summed E-state index contributed by atoms with van der Waals surface area (Å²) in [5.41, 5.74) is 1.33. The van der Waals surface area contributed by atoms with Gasteiger partial charge in [0.2, 0.25) is 0 Å². The molecule has 1 aliphatic carbocycles. The Morgan fingerprint density at radius 3 is 2.79 bits per heavy atom. The van der Waals surface area contributed by atoms with Crippen molar-refractivity contribution in [2.45, 2.75) is 32.4 Å². The predicted octanol–water partition coefficient (Wildman–Crippen LogP) is 3.12. The maximum atomic E-state index is 13.8. The first kappa shape index (κ1) is 16.2. The molecule has 2 aromatic rings. The lowest BCUT2D eigenvalue weighted by Crippen LogP contribution is -2.25. The van der Waals surface area contributed by atoms with Crippen molar-refractivity contribution < 1.29 is 13.9 Å². The largest absolute Gasteiger partial charge is 0.491 e. The Morgan fingerprint density at radius 1 is 1.33 bits per heavy atom. The van der Waals surface area contributed by atoms with Crippen LogP contribution in [0, 0.1) is 5.82 Å². The Bertz CT molecular complexity index is 715. The molecule has 0 bridgehead atoms. The van der Waals surface area contributed by atoms with E-state index in [1.807, 2.05) is 6.92 Å². The van der Waals surface area contributed by atoms with Gasteiger partial charge in [-0.3, -0.25) is 4.79 Å². The maximum Gasteiger partial charge on any atom is 0.253 e. The molecule has 1 amide bonds. The van der Waals surface area contributed by atoms with Gasteiger partial charge in [-0.05, 0) is 49.6 Å². The summed E-state index contributed by atoms with van der Waals surface area (Å²) in [6, 6.07) is 8.66. The number of nitrogens with one attached hydrogen (secondary N) is 2. The highest BCUT2D eigenvalue weighted by Gasteiger charge is 2.23. The molecule has 5 nitrogen and oxygen atoms in total. The second-order valence-electron chi connectivity index (χ2n) is 5.73. The van der Waals surface area contributed by atoms with E-state index in [0.717, 1.165) is 18.4 Å². The van der Waals surface area contributed by atoms with Crippen LogP contribution in [0.2, 0.25) is 0 Å². The zero-order valence-corrected chi connectivity index (χ0v) is 13.5. The number of hydrogen-bond acceptors (Lipinski definition) is 4. The molecule has 0 spiro atoms. The van der Waals surface area contributed by atoms with E-state index < -0.39 is 0 Å². The third kappa shape index (κ3) is 4.22. The van der Waals surface area contributed by atoms with Crippen LogP contribution in [0.4, 0.5) is 10.2 Å². The van der Waals surface area contributed by atoms with Gasteiger partial charge in [-0.15, -0.1) is 0 Å². The molecule has 6 heteroatoms. The Labute approximate surface area is 140 Å². The van der Waals surface area contributed by atoms with Crippen molar-refractivity contribution >= 4 is 11.7 Å². The minimum atomic E-state index is -0.379. The summed E-state index contributed by atoms with van der Waals surface area (Å²) >= 11 is 0. The van der Waals surface area contributed by atoms with Crippen LogP contribution < -0.4 is 15.4 Å². The Kier molecular flexibility index (Phi) is 4.93. The maximum absolute atomic E-state index is 13.8. The van der Waals surface area contributed by atoms with Gasteiger partial charge in [-0.2, -0.15) is 0 Å². The van der Waals surface area contributed by atoms with Crippen LogP contribution in [0.25, 0.3) is 0 Å². The summed E-state index contributed by atoms with van der Waals surface area (Å²) in [6.07, 6.45) is 3.65. The van der Waals surface area contributed by atoms with E-state index >= 15 is 0 Å². The summed E-state index contributed by atoms with van der Waals surface area (Å²) in [7, 11) is 0. The number of carbonyl (C=O) groups excluding carboxylic acids is 1. The van der Waals surface area contributed by atoms with Crippen molar-refractivity contribution in [1.29, 1.82) is 0 Å². The fourth-order valence-electron chi connectivity index (χ4n) is 2.25. The lowest BCUT2D eigenvalue weighted by molar-refractivity contribution is 0.0950. The van der Waals surface area contributed by atoms with E-state index in [4.69, 9.17) is 4.74 Å². The Balaban J connectivity index is 1.56. The molecule has 126 valence electrons. The molecular formula is C18H20FN3O2. The van der Waals surface area contributed by atoms with Crippen molar-refractivity contribution in [2.24, 2.45) is 0 Å². The van der Waals surface area contributed by atoms with E-state index in [0.29, 0.717) is 30.6 Å².